The summed E-state index contributed by atoms with van der Waals surface area (Å²) in [4.78, 5) is 15.5. The van der Waals surface area contributed by atoms with Crippen molar-refractivity contribution in [1.29, 1.82) is 0 Å². The molecule has 2 N–H and O–H groups in total. The summed E-state index contributed by atoms with van der Waals surface area (Å²) in [6.07, 6.45) is 2.63. The van der Waals surface area contributed by atoms with Gasteiger partial charge in [0.15, 0.2) is 0 Å². The number of ether oxygens (including phenoxy) is 1. The van der Waals surface area contributed by atoms with Gasteiger partial charge in [0.1, 0.15) is 0 Å². The predicted octanol–water partition coefficient (Wildman–Crippen LogP) is 1.75. The number of fused-ring (bicyclic) bond motifs is 2. The van der Waals surface area contributed by atoms with Crippen molar-refractivity contribution in [2.45, 2.75) is 55.3 Å². The van der Waals surface area contributed by atoms with E-state index in [2.05, 4.69) is 41.4 Å². The molecular weight excluding hydrogens is 328 g/mol. The quantitative estimate of drug-likeness (QED) is 0.793. The summed E-state index contributed by atoms with van der Waals surface area (Å²) >= 11 is 0. The van der Waals surface area contributed by atoms with Gasteiger partial charge in [-0.3, -0.25) is 9.69 Å². The standard InChI is InChI=1S/C21H26N2O3/c1-3-20(25)10-11-14-15(19(24)26-2)16-21(8-9-23(17(11)21)18(14)20)12-6-4-5-7-13(12)22-16/h4-7,11,14-18,22,25H,3,8-10H2,1-2H3/t11-,14-,15+,16+,17+,18?,20?,21+/m0/s1. The molecule has 2 aliphatic carbocycles. The highest BCUT2D eigenvalue weighted by Crippen LogP contribution is 2.70. The van der Waals surface area contributed by atoms with E-state index in [1.807, 2.05) is 0 Å². The van der Waals surface area contributed by atoms with E-state index in [0.29, 0.717) is 12.0 Å². The fourth-order valence-corrected chi connectivity index (χ4v) is 7.94. The van der Waals surface area contributed by atoms with Crippen molar-refractivity contribution in [3.8, 4) is 0 Å². The molecule has 1 aromatic carbocycles. The Bertz CT molecular complexity index is 812. The third kappa shape index (κ3) is 1.41. The number of piperidine rings is 1. The van der Waals surface area contributed by atoms with Gasteiger partial charge < -0.3 is 15.2 Å². The van der Waals surface area contributed by atoms with Crippen LogP contribution in [0.1, 0.15) is 31.7 Å². The molecule has 138 valence electrons. The lowest BCUT2D eigenvalue weighted by molar-refractivity contribution is -0.150. The summed E-state index contributed by atoms with van der Waals surface area (Å²) < 4.78 is 5.30. The number of esters is 1. The molecule has 1 spiro atoms. The van der Waals surface area contributed by atoms with Crippen LogP contribution in [-0.4, -0.2) is 53.4 Å². The van der Waals surface area contributed by atoms with Crippen molar-refractivity contribution in [3.63, 3.8) is 0 Å². The number of anilines is 1. The van der Waals surface area contributed by atoms with Crippen molar-refractivity contribution in [1.82, 2.24) is 4.90 Å². The molecule has 4 fully saturated rings. The molecule has 4 bridgehead atoms. The molecule has 3 aliphatic heterocycles. The van der Waals surface area contributed by atoms with Gasteiger partial charge >= 0.3 is 5.97 Å². The van der Waals surface area contributed by atoms with Crippen LogP contribution in [0.5, 0.6) is 0 Å². The van der Waals surface area contributed by atoms with Crippen molar-refractivity contribution < 1.29 is 14.6 Å². The number of methoxy groups -OCH3 is 1. The largest absolute Gasteiger partial charge is 0.469 e. The van der Waals surface area contributed by atoms with Gasteiger partial charge in [-0.25, -0.2) is 0 Å². The third-order valence-electron chi connectivity index (χ3n) is 8.58. The van der Waals surface area contributed by atoms with Crippen molar-refractivity contribution >= 4 is 11.7 Å². The summed E-state index contributed by atoms with van der Waals surface area (Å²) in [7, 11) is 1.50. The van der Waals surface area contributed by atoms with E-state index in [4.69, 9.17) is 4.74 Å². The van der Waals surface area contributed by atoms with E-state index >= 15 is 0 Å². The van der Waals surface area contributed by atoms with Crippen LogP contribution in [0.25, 0.3) is 0 Å². The Morgan fingerprint density at radius 1 is 1.38 bits per heavy atom. The fourth-order valence-electron chi connectivity index (χ4n) is 7.94. The first-order valence-corrected chi connectivity index (χ1v) is 9.99. The molecule has 0 aromatic heterocycles. The van der Waals surface area contributed by atoms with Gasteiger partial charge in [-0.05, 0) is 49.3 Å². The van der Waals surface area contributed by atoms with Crippen LogP contribution in [0.3, 0.4) is 0 Å². The summed E-state index contributed by atoms with van der Waals surface area (Å²) in [6, 6.07) is 9.19. The van der Waals surface area contributed by atoms with Crippen LogP contribution < -0.4 is 5.32 Å². The minimum Gasteiger partial charge on any atom is -0.469 e. The Labute approximate surface area is 153 Å². The van der Waals surface area contributed by atoms with Crippen LogP contribution in [0.15, 0.2) is 24.3 Å². The monoisotopic (exact) mass is 354 g/mol. The molecule has 5 aliphatic rings. The van der Waals surface area contributed by atoms with Crippen molar-refractivity contribution in [3.05, 3.63) is 29.8 Å². The number of nitrogens with zero attached hydrogens (tertiary/aromatic N) is 1. The number of aliphatic hydroxyl groups is 1. The van der Waals surface area contributed by atoms with Gasteiger partial charge in [0, 0.05) is 23.2 Å². The highest BCUT2D eigenvalue weighted by molar-refractivity contribution is 5.79. The van der Waals surface area contributed by atoms with E-state index in [-0.39, 0.29) is 35.3 Å². The molecule has 5 nitrogen and oxygen atoms in total. The maximum absolute atomic E-state index is 13.0. The van der Waals surface area contributed by atoms with Crippen molar-refractivity contribution in [2.24, 2.45) is 17.8 Å². The smallest absolute Gasteiger partial charge is 0.311 e. The average molecular weight is 354 g/mol. The number of carbonyl (C=O) groups excluding carboxylic acids is 1. The van der Waals surface area contributed by atoms with Gasteiger partial charge in [-0.1, -0.05) is 25.1 Å². The van der Waals surface area contributed by atoms with Crippen LogP contribution in [0.2, 0.25) is 0 Å². The lowest BCUT2D eigenvalue weighted by Crippen LogP contribution is -2.60. The molecule has 0 amide bonds. The minimum atomic E-state index is -0.665. The van der Waals surface area contributed by atoms with Crippen LogP contribution >= 0.6 is 0 Å². The van der Waals surface area contributed by atoms with Gasteiger partial charge in [0.2, 0.25) is 0 Å². The number of hydrogen-bond acceptors (Lipinski definition) is 5. The van der Waals surface area contributed by atoms with Gasteiger partial charge in [-0.2, -0.15) is 0 Å². The average Bonchev–Trinajstić information content (AvgIpc) is 3.34. The maximum atomic E-state index is 13.0. The number of rotatable bonds is 2. The van der Waals surface area contributed by atoms with Crippen molar-refractivity contribution in [2.75, 3.05) is 19.0 Å². The van der Waals surface area contributed by atoms with Crippen LogP contribution in [0.4, 0.5) is 5.69 Å². The van der Waals surface area contributed by atoms with Gasteiger partial charge in [-0.15, -0.1) is 0 Å². The summed E-state index contributed by atoms with van der Waals surface area (Å²) in [5.41, 5.74) is 1.86. The van der Waals surface area contributed by atoms with E-state index in [9.17, 15) is 9.90 Å². The molecule has 2 saturated carbocycles. The molecule has 1 aromatic rings. The van der Waals surface area contributed by atoms with Gasteiger partial charge in [0.25, 0.3) is 0 Å². The lowest BCUT2D eigenvalue weighted by Gasteiger charge is -2.49. The first-order valence-electron chi connectivity index (χ1n) is 9.99. The Balaban J connectivity index is 1.58. The van der Waals surface area contributed by atoms with E-state index in [1.165, 1.54) is 18.4 Å². The van der Waals surface area contributed by atoms with E-state index in [1.54, 1.807) is 0 Å². The van der Waals surface area contributed by atoms with Crippen LogP contribution in [-0.2, 0) is 14.9 Å². The molecule has 2 unspecified atom stereocenters. The van der Waals surface area contributed by atoms with Gasteiger partial charge in [0.05, 0.1) is 24.7 Å². The Kier molecular flexibility index (Phi) is 2.75. The molecule has 0 radical (unpaired) electrons. The number of nitrogens with one attached hydrogen (secondary N) is 1. The van der Waals surface area contributed by atoms with Crippen LogP contribution in [0, 0.1) is 17.8 Å². The molecule has 6 rings (SSSR count). The first kappa shape index (κ1) is 15.5. The number of carbonyl (C=O) groups is 1. The number of para-hydroxylation sites is 1. The minimum absolute atomic E-state index is 0.0273. The Morgan fingerprint density at radius 3 is 2.96 bits per heavy atom. The lowest BCUT2D eigenvalue weighted by atomic mass is 9.56. The zero-order valence-electron chi connectivity index (χ0n) is 15.3. The second kappa shape index (κ2) is 4.63. The topological polar surface area (TPSA) is 61.8 Å². The van der Waals surface area contributed by atoms with E-state index < -0.39 is 5.60 Å². The highest BCUT2D eigenvalue weighted by Gasteiger charge is 2.79. The molecule has 3 heterocycles. The second-order valence-corrected chi connectivity index (χ2v) is 9.04. The molecule has 8 atom stereocenters. The molecule has 2 saturated heterocycles. The fraction of sp³-hybridized carbons (Fsp3) is 0.667. The summed E-state index contributed by atoms with van der Waals surface area (Å²) in [5, 5.41) is 15.1. The normalized spacial score (nSPS) is 49.7. The predicted molar refractivity (Wildman–Crippen MR) is 96.8 cm³/mol. The van der Waals surface area contributed by atoms with E-state index in [0.717, 1.165) is 25.8 Å². The Morgan fingerprint density at radius 2 is 2.19 bits per heavy atom. The zero-order valence-corrected chi connectivity index (χ0v) is 15.3. The maximum Gasteiger partial charge on any atom is 0.311 e. The summed E-state index contributed by atoms with van der Waals surface area (Å²) in [6.45, 7) is 3.10. The SMILES string of the molecule is CCC1(O)C[C@H]2[C@@H]3C1N1CC[C@]4(c5ccccc5N[C@@H]4[C@@H]3C(=O)OC)[C@@H]21. The molecular formula is C21H26N2O3. The number of hydrogen-bond donors (Lipinski definition) is 2. The molecule has 26 heavy (non-hydrogen) atoms. The number of benzene rings is 1. The highest BCUT2D eigenvalue weighted by atomic mass is 16.5. The molecule has 5 heteroatoms. The third-order valence-corrected chi connectivity index (χ3v) is 8.58. The Hall–Kier alpha value is -1.59. The summed E-state index contributed by atoms with van der Waals surface area (Å²) in [5.74, 6) is 0.269. The first-order chi connectivity index (χ1) is 12.6. The second-order valence-electron chi connectivity index (χ2n) is 9.04. The zero-order chi connectivity index (χ0) is 17.8.